The van der Waals surface area contributed by atoms with Crippen molar-refractivity contribution >= 4 is 11.3 Å². The summed E-state index contributed by atoms with van der Waals surface area (Å²) >= 11 is 0. The van der Waals surface area contributed by atoms with Crippen molar-refractivity contribution in [1.29, 1.82) is 10.5 Å². The number of nitrogens with zero attached hydrogens (tertiary/aromatic N) is 6. The molecule has 0 bridgehead atoms. The smallest absolute Gasteiger partial charge is 0.136 e. The molecule has 0 aromatic carbocycles. The molecule has 0 fully saturated rings. The van der Waals surface area contributed by atoms with Crippen molar-refractivity contribution < 1.29 is 0 Å². The zero-order valence-corrected chi connectivity index (χ0v) is 14.7. The monoisotopic (exact) mass is 342 g/mol. The standard InChI is InChI=1S/C11H11N3.C9H7N3/c1-11(2,8-12)9-3-5-14-6-4-13-10(14)7-9;10-3-1-8-2-5-12-6-4-11-9(12)7-8/h3-7H,1-2H3;2,4-7H,1H2. The Hall–Kier alpha value is -3.64. The highest BCUT2D eigenvalue weighted by Gasteiger charge is 2.19. The van der Waals surface area contributed by atoms with E-state index in [9.17, 15) is 0 Å². The fraction of sp³-hybridized carbons (Fsp3) is 0.200. The molecule has 6 nitrogen and oxygen atoms in total. The maximum atomic E-state index is 8.99. The van der Waals surface area contributed by atoms with E-state index < -0.39 is 5.41 Å². The number of aromatic nitrogens is 4. The molecule has 0 N–H and O–H groups in total. The van der Waals surface area contributed by atoms with Crippen LogP contribution < -0.4 is 0 Å². The lowest BCUT2D eigenvalue weighted by Gasteiger charge is -2.15. The maximum absolute atomic E-state index is 8.99. The van der Waals surface area contributed by atoms with Crippen LogP contribution in [0, 0.1) is 22.7 Å². The molecule has 26 heavy (non-hydrogen) atoms. The summed E-state index contributed by atoms with van der Waals surface area (Å²) in [5, 5.41) is 17.5. The Morgan fingerprint density at radius 1 is 0.923 bits per heavy atom. The van der Waals surface area contributed by atoms with Gasteiger partial charge in [0, 0.05) is 37.2 Å². The first-order valence-corrected chi connectivity index (χ1v) is 8.16. The zero-order chi connectivity index (χ0) is 18.6. The van der Waals surface area contributed by atoms with Crippen LogP contribution in [-0.2, 0) is 11.8 Å². The van der Waals surface area contributed by atoms with E-state index in [1.54, 1.807) is 12.4 Å². The molecule has 4 rings (SSSR count). The van der Waals surface area contributed by atoms with Crippen molar-refractivity contribution in [3.05, 3.63) is 72.6 Å². The van der Waals surface area contributed by atoms with Gasteiger partial charge in [0.15, 0.2) is 0 Å². The molecule has 0 aliphatic rings. The summed E-state index contributed by atoms with van der Waals surface area (Å²) in [6, 6.07) is 12.1. The van der Waals surface area contributed by atoms with Gasteiger partial charge in [-0.1, -0.05) is 0 Å². The first-order chi connectivity index (χ1) is 12.5. The van der Waals surface area contributed by atoms with Gasteiger partial charge in [0.05, 0.1) is 24.0 Å². The highest BCUT2D eigenvalue weighted by Crippen LogP contribution is 2.22. The van der Waals surface area contributed by atoms with Crippen molar-refractivity contribution in [2.45, 2.75) is 25.7 Å². The fourth-order valence-electron chi connectivity index (χ4n) is 2.52. The molecule has 4 aromatic heterocycles. The van der Waals surface area contributed by atoms with Crippen LogP contribution in [0.5, 0.6) is 0 Å². The lowest BCUT2D eigenvalue weighted by Crippen LogP contribution is -2.13. The maximum Gasteiger partial charge on any atom is 0.136 e. The van der Waals surface area contributed by atoms with Crippen LogP contribution in [0.4, 0.5) is 0 Å². The van der Waals surface area contributed by atoms with Crippen molar-refractivity contribution in [1.82, 2.24) is 18.8 Å². The van der Waals surface area contributed by atoms with Crippen LogP contribution in [0.25, 0.3) is 11.3 Å². The minimum Gasteiger partial charge on any atom is -0.307 e. The van der Waals surface area contributed by atoms with Crippen LogP contribution in [0.15, 0.2) is 61.4 Å². The topological polar surface area (TPSA) is 82.2 Å². The van der Waals surface area contributed by atoms with Gasteiger partial charge in [-0.3, -0.25) is 0 Å². The van der Waals surface area contributed by atoms with Crippen molar-refractivity contribution in [3.63, 3.8) is 0 Å². The van der Waals surface area contributed by atoms with Crippen LogP contribution >= 0.6 is 0 Å². The molecular weight excluding hydrogens is 324 g/mol. The molecule has 0 amide bonds. The summed E-state index contributed by atoms with van der Waals surface area (Å²) in [7, 11) is 0. The minimum absolute atomic E-state index is 0.448. The lowest BCUT2D eigenvalue weighted by atomic mass is 9.87. The van der Waals surface area contributed by atoms with Gasteiger partial charge in [0.1, 0.15) is 11.3 Å². The summed E-state index contributed by atoms with van der Waals surface area (Å²) in [5.74, 6) is 0. The average Bonchev–Trinajstić information content (AvgIpc) is 3.30. The van der Waals surface area contributed by atoms with Gasteiger partial charge in [-0.05, 0) is 49.2 Å². The van der Waals surface area contributed by atoms with Gasteiger partial charge in [-0.15, -0.1) is 0 Å². The van der Waals surface area contributed by atoms with Crippen molar-refractivity contribution in [2.75, 3.05) is 0 Å². The molecule has 6 heteroatoms. The second-order valence-electron chi connectivity index (χ2n) is 6.41. The molecule has 0 aliphatic heterocycles. The van der Waals surface area contributed by atoms with Crippen LogP contribution in [0.2, 0.25) is 0 Å². The minimum atomic E-state index is -0.451. The third-order valence-corrected chi connectivity index (χ3v) is 4.14. The molecule has 4 aromatic rings. The molecule has 0 saturated carbocycles. The van der Waals surface area contributed by atoms with E-state index in [1.807, 2.05) is 71.7 Å². The molecule has 0 spiro atoms. The van der Waals surface area contributed by atoms with Crippen molar-refractivity contribution in [2.24, 2.45) is 0 Å². The van der Waals surface area contributed by atoms with Gasteiger partial charge in [0.25, 0.3) is 0 Å². The second kappa shape index (κ2) is 7.08. The van der Waals surface area contributed by atoms with E-state index in [0.717, 1.165) is 22.4 Å². The lowest BCUT2D eigenvalue weighted by molar-refractivity contribution is 0.686. The van der Waals surface area contributed by atoms with Gasteiger partial charge in [-0.25, -0.2) is 9.97 Å². The molecule has 128 valence electrons. The zero-order valence-electron chi connectivity index (χ0n) is 14.7. The summed E-state index contributed by atoms with van der Waals surface area (Å²) < 4.78 is 3.85. The van der Waals surface area contributed by atoms with Crippen LogP contribution in [0.3, 0.4) is 0 Å². The van der Waals surface area contributed by atoms with Gasteiger partial charge >= 0.3 is 0 Å². The largest absolute Gasteiger partial charge is 0.307 e. The number of rotatable bonds is 2. The Morgan fingerprint density at radius 2 is 1.54 bits per heavy atom. The first kappa shape index (κ1) is 17.2. The summed E-state index contributed by atoms with van der Waals surface area (Å²) in [5.41, 5.74) is 3.33. The van der Waals surface area contributed by atoms with E-state index in [4.69, 9.17) is 10.5 Å². The Morgan fingerprint density at radius 3 is 2.15 bits per heavy atom. The van der Waals surface area contributed by atoms with E-state index in [1.165, 1.54) is 0 Å². The Labute approximate surface area is 151 Å². The van der Waals surface area contributed by atoms with Crippen LogP contribution in [0.1, 0.15) is 25.0 Å². The number of imidazole rings is 2. The molecule has 0 unspecified atom stereocenters. The van der Waals surface area contributed by atoms with E-state index in [2.05, 4.69) is 22.1 Å². The Bertz CT molecular complexity index is 1120. The Kier molecular flexibility index (Phi) is 4.68. The molecule has 4 heterocycles. The van der Waals surface area contributed by atoms with E-state index >= 15 is 0 Å². The summed E-state index contributed by atoms with van der Waals surface area (Å²) in [6.07, 6.45) is 11.5. The third kappa shape index (κ3) is 3.55. The Balaban J connectivity index is 0.000000152. The number of fused-ring (bicyclic) bond motifs is 2. The predicted octanol–water partition coefficient (Wildman–Crippen LogP) is 3.54. The molecule has 0 radical (unpaired) electrons. The number of nitriles is 2. The van der Waals surface area contributed by atoms with Crippen molar-refractivity contribution in [3.8, 4) is 12.1 Å². The number of hydrogen-bond donors (Lipinski definition) is 0. The summed E-state index contributed by atoms with van der Waals surface area (Å²) in [6.45, 7) is 3.81. The van der Waals surface area contributed by atoms with Gasteiger partial charge in [-0.2, -0.15) is 10.5 Å². The SMILES string of the molecule is CC(C)(C#N)c1ccn2ccnc2c1.N#CCc1ccn2ccnc2c1. The molecular formula is C20H18N6. The highest BCUT2D eigenvalue weighted by atomic mass is 15.0. The molecule has 0 atom stereocenters. The van der Waals surface area contributed by atoms with Gasteiger partial charge < -0.3 is 8.80 Å². The normalized spacial score (nSPS) is 10.8. The van der Waals surface area contributed by atoms with Crippen LogP contribution in [-0.4, -0.2) is 18.8 Å². The third-order valence-electron chi connectivity index (χ3n) is 4.14. The second-order valence-corrected chi connectivity index (χ2v) is 6.41. The first-order valence-electron chi connectivity index (χ1n) is 8.16. The van der Waals surface area contributed by atoms with E-state index in [0.29, 0.717) is 6.42 Å². The quantitative estimate of drug-likeness (QED) is 0.558. The molecule has 0 saturated heterocycles. The van der Waals surface area contributed by atoms with E-state index in [-0.39, 0.29) is 0 Å². The summed E-state index contributed by atoms with van der Waals surface area (Å²) in [4.78, 5) is 8.30. The average molecular weight is 342 g/mol. The van der Waals surface area contributed by atoms with Gasteiger partial charge in [0.2, 0.25) is 0 Å². The molecule has 0 aliphatic carbocycles. The highest BCUT2D eigenvalue weighted by molar-refractivity contribution is 5.45. The number of hydrogen-bond acceptors (Lipinski definition) is 4. The fourth-order valence-corrected chi connectivity index (χ4v) is 2.52. The predicted molar refractivity (Wildman–Crippen MR) is 98.3 cm³/mol. The number of pyridine rings is 2.